The lowest BCUT2D eigenvalue weighted by molar-refractivity contribution is 0.112. The lowest BCUT2D eigenvalue weighted by Gasteiger charge is -2.08. The molecule has 0 aliphatic carbocycles. The number of nitrogens with zero attached hydrogens (tertiary/aromatic N) is 1. The van der Waals surface area contributed by atoms with Gasteiger partial charge in [0.1, 0.15) is 5.82 Å². The minimum absolute atomic E-state index is 0.324. The lowest BCUT2D eigenvalue weighted by Crippen LogP contribution is -1.96. The van der Waals surface area contributed by atoms with Crippen LogP contribution in [0, 0.1) is 12.7 Å². The largest absolute Gasteiger partial charge is 0.298 e. The molecule has 1 aromatic heterocycles. The number of pyridine rings is 1. The van der Waals surface area contributed by atoms with Crippen LogP contribution in [-0.2, 0) is 0 Å². The molecule has 2 nitrogen and oxygen atoms in total. The lowest BCUT2D eigenvalue weighted by atomic mass is 10.00. The summed E-state index contributed by atoms with van der Waals surface area (Å²) in [5.74, 6) is -0.453. The second-order valence-electron chi connectivity index (χ2n) is 3.60. The SMILES string of the molecule is Cc1nccc(-c2ccc(Cl)cc2F)c1C=O. The van der Waals surface area contributed by atoms with E-state index in [0.717, 1.165) is 0 Å². The van der Waals surface area contributed by atoms with Gasteiger partial charge in [-0.3, -0.25) is 9.78 Å². The third kappa shape index (κ3) is 2.19. The van der Waals surface area contributed by atoms with E-state index < -0.39 is 5.82 Å². The van der Waals surface area contributed by atoms with E-state index in [-0.39, 0.29) is 0 Å². The first-order chi connectivity index (χ1) is 8.13. The molecular weight excluding hydrogens is 241 g/mol. The molecule has 0 amide bonds. The number of hydrogen-bond donors (Lipinski definition) is 0. The Bertz CT molecular complexity index is 584. The van der Waals surface area contributed by atoms with Crippen molar-refractivity contribution in [3.63, 3.8) is 0 Å². The topological polar surface area (TPSA) is 30.0 Å². The van der Waals surface area contributed by atoms with Gasteiger partial charge in [-0.1, -0.05) is 11.6 Å². The van der Waals surface area contributed by atoms with Gasteiger partial charge in [-0.15, -0.1) is 0 Å². The van der Waals surface area contributed by atoms with Gasteiger partial charge in [-0.05, 0) is 36.8 Å². The van der Waals surface area contributed by atoms with E-state index in [9.17, 15) is 9.18 Å². The molecule has 0 saturated carbocycles. The standard InChI is InChI=1S/C13H9ClFNO/c1-8-12(7-17)10(4-5-16-8)11-3-2-9(14)6-13(11)15/h2-7H,1H3. The third-order valence-corrected chi connectivity index (χ3v) is 2.76. The predicted octanol–water partition coefficient (Wildman–Crippen LogP) is 3.66. The zero-order valence-electron chi connectivity index (χ0n) is 9.08. The molecule has 2 aromatic rings. The summed E-state index contributed by atoms with van der Waals surface area (Å²) in [4.78, 5) is 15.0. The smallest absolute Gasteiger partial charge is 0.152 e. The molecule has 0 unspecified atom stereocenters. The van der Waals surface area contributed by atoms with E-state index in [2.05, 4.69) is 4.98 Å². The molecule has 0 saturated heterocycles. The monoisotopic (exact) mass is 249 g/mol. The zero-order chi connectivity index (χ0) is 12.4. The van der Waals surface area contributed by atoms with Gasteiger partial charge in [-0.2, -0.15) is 0 Å². The molecule has 86 valence electrons. The zero-order valence-corrected chi connectivity index (χ0v) is 9.83. The molecule has 0 aliphatic heterocycles. The Balaban J connectivity index is 2.68. The number of benzene rings is 1. The van der Waals surface area contributed by atoms with Crippen molar-refractivity contribution in [2.45, 2.75) is 6.92 Å². The van der Waals surface area contributed by atoms with E-state index in [1.54, 1.807) is 31.3 Å². The minimum atomic E-state index is -0.453. The summed E-state index contributed by atoms with van der Waals surface area (Å²) in [6.45, 7) is 1.71. The molecule has 4 heteroatoms. The van der Waals surface area contributed by atoms with Gasteiger partial charge < -0.3 is 0 Å². The molecule has 1 heterocycles. The van der Waals surface area contributed by atoms with Crippen molar-refractivity contribution in [3.05, 3.63) is 52.6 Å². The van der Waals surface area contributed by atoms with Crippen molar-refractivity contribution in [1.29, 1.82) is 0 Å². The minimum Gasteiger partial charge on any atom is -0.298 e. The molecule has 0 spiro atoms. The van der Waals surface area contributed by atoms with Gasteiger partial charge in [0.15, 0.2) is 6.29 Å². The highest BCUT2D eigenvalue weighted by molar-refractivity contribution is 6.30. The number of carbonyl (C=O) groups is 1. The second-order valence-corrected chi connectivity index (χ2v) is 4.04. The van der Waals surface area contributed by atoms with Crippen molar-refractivity contribution in [1.82, 2.24) is 4.98 Å². The number of aromatic nitrogens is 1. The fraction of sp³-hybridized carbons (Fsp3) is 0.0769. The average Bonchev–Trinajstić information content (AvgIpc) is 2.29. The van der Waals surface area contributed by atoms with Gasteiger partial charge in [0.25, 0.3) is 0 Å². The molecule has 0 bridgehead atoms. The van der Waals surface area contributed by atoms with Crippen LogP contribution in [0.15, 0.2) is 30.5 Å². The maximum absolute atomic E-state index is 13.8. The molecule has 0 fully saturated rings. The maximum Gasteiger partial charge on any atom is 0.152 e. The first-order valence-corrected chi connectivity index (χ1v) is 5.37. The van der Waals surface area contributed by atoms with Gasteiger partial charge in [0.2, 0.25) is 0 Å². The Hall–Kier alpha value is -1.74. The van der Waals surface area contributed by atoms with Crippen molar-refractivity contribution >= 4 is 17.9 Å². The fourth-order valence-electron chi connectivity index (χ4n) is 1.67. The average molecular weight is 250 g/mol. The van der Waals surface area contributed by atoms with E-state index in [1.807, 2.05) is 0 Å². The van der Waals surface area contributed by atoms with E-state index >= 15 is 0 Å². The van der Waals surface area contributed by atoms with Crippen molar-refractivity contribution in [2.24, 2.45) is 0 Å². The first-order valence-electron chi connectivity index (χ1n) is 4.99. The number of aldehydes is 1. The Morgan fingerprint density at radius 1 is 1.29 bits per heavy atom. The van der Waals surface area contributed by atoms with Crippen molar-refractivity contribution in [3.8, 4) is 11.1 Å². The van der Waals surface area contributed by atoms with Crippen LogP contribution in [0.5, 0.6) is 0 Å². The quantitative estimate of drug-likeness (QED) is 0.761. The highest BCUT2D eigenvalue weighted by Gasteiger charge is 2.12. The van der Waals surface area contributed by atoms with Crippen LogP contribution in [0.25, 0.3) is 11.1 Å². The molecule has 17 heavy (non-hydrogen) atoms. The first kappa shape index (κ1) is 11.7. The Kier molecular flexibility index (Phi) is 3.20. The van der Waals surface area contributed by atoms with Crippen LogP contribution in [0.3, 0.4) is 0 Å². The summed E-state index contributed by atoms with van der Waals surface area (Å²) < 4.78 is 13.8. The normalized spacial score (nSPS) is 10.3. The summed E-state index contributed by atoms with van der Waals surface area (Å²) in [5.41, 5.74) is 1.85. The fourth-order valence-corrected chi connectivity index (χ4v) is 1.83. The van der Waals surface area contributed by atoms with Crippen LogP contribution in [0.1, 0.15) is 16.1 Å². The van der Waals surface area contributed by atoms with Gasteiger partial charge in [0.05, 0.1) is 0 Å². The summed E-state index contributed by atoms with van der Waals surface area (Å²) in [6.07, 6.45) is 2.23. The highest BCUT2D eigenvalue weighted by atomic mass is 35.5. The summed E-state index contributed by atoms with van der Waals surface area (Å²) in [6, 6.07) is 5.98. The summed E-state index contributed by atoms with van der Waals surface area (Å²) in [5, 5.41) is 0.324. The Labute approximate surface area is 103 Å². The summed E-state index contributed by atoms with van der Waals surface area (Å²) in [7, 11) is 0. The Morgan fingerprint density at radius 3 is 2.71 bits per heavy atom. The van der Waals surface area contributed by atoms with Gasteiger partial charge in [0, 0.05) is 28.0 Å². The molecule has 0 N–H and O–H groups in total. The predicted molar refractivity (Wildman–Crippen MR) is 64.8 cm³/mol. The molecular formula is C13H9ClFNO. The number of aryl methyl sites for hydroxylation is 1. The number of hydrogen-bond acceptors (Lipinski definition) is 2. The third-order valence-electron chi connectivity index (χ3n) is 2.53. The van der Waals surface area contributed by atoms with Crippen LogP contribution in [0.4, 0.5) is 4.39 Å². The molecule has 0 aliphatic rings. The maximum atomic E-state index is 13.8. The molecule has 0 radical (unpaired) electrons. The van der Waals surface area contributed by atoms with Crippen LogP contribution >= 0.6 is 11.6 Å². The van der Waals surface area contributed by atoms with Gasteiger partial charge >= 0.3 is 0 Å². The van der Waals surface area contributed by atoms with E-state index in [0.29, 0.717) is 33.7 Å². The highest BCUT2D eigenvalue weighted by Crippen LogP contribution is 2.28. The molecule has 0 atom stereocenters. The summed E-state index contributed by atoms with van der Waals surface area (Å²) >= 11 is 5.69. The van der Waals surface area contributed by atoms with Crippen LogP contribution < -0.4 is 0 Å². The number of carbonyl (C=O) groups excluding carboxylic acids is 1. The van der Waals surface area contributed by atoms with E-state index in [4.69, 9.17) is 11.6 Å². The van der Waals surface area contributed by atoms with Crippen LogP contribution in [0.2, 0.25) is 5.02 Å². The van der Waals surface area contributed by atoms with Crippen LogP contribution in [-0.4, -0.2) is 11.3 Å². The molecule has 2 rings (SSSR count). The van der Waals surface area contributed by atoms with Crippen molar-refractivity contribution < 1.29 is 9.18 Å². The second kappa shape index (κ2) is 4.63. The Morgan fingerprint density at radius 2 is 2.06 bits per heavy atom. The van der Waals surface area contributed by atoms with Crippen molar-refractivity contribution in [2.75, 3.05) is 0 Å². The molecule has 1 aromatic carbocycles. The van der Waals surface area contributed by atoms with E-state index in [1.165, 1.54) is 6.07 Å². The number of rotatable bonds is 2. The van der Waals surface area contributed by atoms with Gasteiger partial charge in [-0.25, -0.2) is 4.39 Å². The number of halogens is 2.